The number of carbonyl (C=O) groups is 1. The standard InChI is InChI=1S/C23H26ClNO5/c1-14(2)30-22-17(24)11-16(13-21(22)27-3)23(26)25-8-4-5-18(25)15-6-7-19-20(12-15)29-10-9-28-19/h6-7,11-14,18H,4-5,8-10H2,1-3H3/t18-/m0/s1. The van der Waals surface area contributed by atoms with Gasteiger partial charge in [0.15, 0.2) is 23.0 Å². The van der Waals surface area contributed by atoms with Crippen molar-refractivity contribution in [2.24, 2.45) is 0 Å². The zero-order valence-electron chi connectivity index (χ0n) is 17.4. The molecule has 0 spiro atoms. The number of ether oxygens (including phenoxy) is 4. The highest BCUT2D eigenvalue weighted by molar-refractivity contribution is 6.32. The quantitative estimate of drug-likeness (QED) is 0.675. The molecule has 4 rings (SSSR count). The predicted molar refractivity (Wildman–Crippen MR) is 114 cm³/mol. The molecule has 1 saturated heterocycles. The van der Waals surface area contributed by atoms with Crippen LogP contribution in [0.2, 0.25) is 5.02 Å². The van der Waals surface area contributed by atoms with Gasteiger partial charge < -0.3 is 23.8 Å². The lowest BCUT2D eigenvalue weighted by Gasteiger charge is -2.27. The Balaban J connectivity index is 1.62. The summed E-state index contributed by atoms with van der Waals surface area (Å²) in [6.45, 7) is 5.60. The van der Waals surface area contributed by atoms with Crippen LogP contribution in [0, 0.1) is 0 Å². The van der Waals surface area contributed by atoms with E-state index in [0.717, 1.165) is 29.9 Å². The molecule has 30 heavy (non-hydrogen) atoms. The molecule has 2 aromatic rings. The molecule has 2 aromatic carbocycles. The van der Waals surface area contributed by atoms with Gasteiger partial charge in [0.1, 0.15) is 13.2 Å². The van der Waals surface area contributed by atoms with Crippen molar-refractivity contribution in [1.82, 2.24) is 4.90 Å². The minimum atomic E-state index is -0.0799. The molecule has 2 aliphatic heterocycles. The van der Waals surface area contributed by atoms with Crippen molar-refractivity contribution in [3.8, 4) is 23.0 Å². The number of hydrogen-bond donors (Lipinski definition) is 0. The summed E-state index contributed by atoms with van der Waals surface area (Å²) in [5.74, 6) is 2.31. The van der Waals surface area contributed by atoms with Crippen molar-refractivity contribution in [3.05, 3.63) is 46.5 Å². The Kier molecular flexibility index (Phi) is 5.95. The Morgan fingerprint density at radius 2 is 1.93 bits per heavy atom. The maximum atomic E-state index is 13.4. The maximum absolute atomic E-state index is 13.4. The van der Waals surface area contributed by atoms with E-state index in [1.807, 2.05) is 36.9 Å². The molecule has 0 aromatic heterocycles. The lowest BCUT2D eigenvalue weighted by molar-refractivity contribution is 0.0734. The number of fused-ring (bicyclic) bond motifs is 1. The number of hydrogen-bond acceptors (Lipinski definition) is 5. The molecule has 0 saturated carbocycles. The summed E-state index contributed by atoms with van der Waals surface area (Å²) in [5, 5.41) is 0.362. The Hall–Kier alpha value is -2.60. The summed E-state index contributed by atoms with van der Waals surface area (Å²) >= 11 is 6.43. The van der Waals surface area contributed by atoms with Gasteiger partial charge in [-0.05, 0) is 56.5 Å². The van der Waals surface area contributed by atoms with Crippen molar-refractivity contribution in [1.29, 1.82) is 0 Å². The molecular formula is C23H26ClNO5. The van der Waals surface area contributed by atoms with Gasteiger partial charge in [0.25, 0.3) is 5.91 Å². The van der Waals surface area contributed by atoms with Gasteiger partial charge >= 0.3 is 0 Å². The highest BCUT2D eigenvalue weighted by Gasteiger charge is 2.32. The minimum absolute atomic E-state index is 0.0234. The predicted octanol–water partition coefficient (Wildman–Crippen LogP) is 4.88. The zero-order valence-corrected chi connectivity index (χ0v) is 18.2. The first-order chi connectivity index (χ1) is 14.5. The van der Waals surface area contributed by atoms with Crippen molar-refractivity contribution >= 4 is 17.5 Å². The van der Waals surface area contributed by atoms with Crippen LogP contribution in [-0.4, -0.2) is 43.8 Å². The summed E-state index contributed by atoms with van der Waals surface area (Å²) in [6.07, 6.45) is 1.77. The molecule has 2 heterocycles. The number of benzene rings is 2. The third kappa shape index (κ3) is 4.01. The van der Waals surface area contributed by atoms with Crippen molar-refractivity contribution < 1.29 is 23.7 Å². The number of likely N-dealkylation sites (tertiary alicyclic amines) is 1. The third-order valence-electron chi connectivity index (χ3n) is 5.29. The van der Waals surface area contributed by atoms with Crippen molar-refractivity contribution in [3.63, 3.8) is 0 Å². The lowest BCUT2D eigenvalue weighted by atomic mass is 10.0. The van der Waals surface area contributed by atoms with Crippen LogP contribution in [0.1, 0.15) is 48.7 Å². The molecule has 2 aliphatic rings. The van der Waals surface area contributed by atoms with Gasteiger partial charge in [0, 0.05) is 12.1 Å². The minimum Gasteiger partial charge on any atom is -0.493 e. The highest BCUT2D eigenvalue weighted by atomic mass is 35.5. The average Bonchev–Trinajstić information content (AvgIpc) is 3.23. The molecular weight excluding hydrogens is 406 g/mol. The molecule has 6 nitrogen and oxygen atoms in total. The smallest absolute Gasteiger partial charge is 0.254 e. The summed E-state index contributed by atoms with van der Waals surface area (Å²) in [5.41, 5.74) is 1.53. The monoisotopic (exact) mass is 431 g/mol. The normalized spacial score (nSPS) is 17.9. The average molecular weight is 432 g/mol. The number of rotatable bonds is 5. The number of nitrogens with zero attached hydrogens (tertiary/aromatic N) is 1. The fraction of sp³-hybridized carbons (Fsp3) is 0.435. The van der Waals surface area contributed by atoms with Crippen LogP contribution in [0.25, 0.3) is 0 Å². The van der Waals surface area contributed by atoms with Crippen LogP contribution < -0.4 is 18.9 Å². The zero-order chi connectivity index (χ0) is 21.3. The first-order valence-corrected chi connectivity index (χ1v) is 10.6. The van der Waals surface area contributed by atoms with E-state index in [1.165, 1.54) is 0 Å². The van der Waals surface area contributed by atoms with Gasteiger partial charge in [0.2, 0.25) is 0 Å². The maximum Gasteiger partial charge on any atom is 0.254 e. The summed E-state index contributed by atoms with van der Waals surface area (Å²) < 4.78 is 22.5. The molecule has 1 amide bonds. The molecule has 160 valence electrons. The van der Waals surface area contributed by atoms with E-state index < -0.39 is 0 Å². The van der Waals surface area contributed by atoms with Crippen molar-refractivity contribution in [2.75, 3.05) is 26.9 Å². The van der Waals surface area contributed by atoms with Crippen molar-refractivity contribution in [2.45, 2.75) is 38.8 Å². The molecule has 0 radical (unpaired) electrons. The van der Waals surface area contributed by atoms with Crippen LogP contribution in [0.15, 0.2) is 30.3 Å². The Morgan fingerprint density at radius 3 is 2.67 bits per heavy atom. The lowest BCUT2D eigenvalue weighted by Crippen LogP contribution is -2.30. The van der Waals surface area contributed by atoms with E-state index in [9.17, 15) is 4.79 Å². The van der Waals surface area contributed by atoms with E-state index in [0.29, 0.717) is 41.8 Å². The van der Waals surface area contributed by atoms with Crippen LogP contribution in [0.5, 0.6) is 23.0 Å². The van der Waals surface area contributed by atoms with E-state index in [-0.39, 0.29) is 18.1 Å². The largest absolute Gasteiger partial charge is 0.493 e. The van der Waals surface area contributed by atoms with Crippen LogP contribution in [0.4, 0.5) is 0 Å². The van der Waals surface area contributed by atoms with Gasteiger partial charge in [-0.1, -0.05) is 17.7 Å². The van der Waals surface area contributed by atoms with E-state index in [1.54, 1.807) is 19.2 Å². The number of methoxy groups -OCH3 is 1. The highest BCUT2D eigenvalue weighted by Crippen LogP contribution is 2.41. The molecule has 0 aliphatic carbocycles. The molecule has 1 atom stereocenters. The third-order valence-corrected chi connectivity index (χ3v) is 5.58. The van der Waals surface area contributed by atoms with Gasteiger partial charge in [-0.25, -0.2) is 0 Å². The number of carbonyl (C=O) groups excluding carboxylic acids is 1. The molecule has 1 fully saturated rings. The second-order valence-electron chi connectivity index (χ2n) is 7.72. The topological polar surface area (TPSA) is 57.2 Å². The van der Waals surface area contributed by atoms with Crippen LogP contribution in [0.3, 0.4) is 0 Å². The second kappa shape index (κ2) is 8.64. The molecule has 0 N–H and O–H groups in total. The fourth-order valence-corrected chi connectivity index (χ4v) is 4.24. The summed E-state index contributed by atoms with van der Waals surface area (Å²) in [4.78, 5) is 15.3. The number of amides is 1. The summed E-state index contributed by atoms with van der Waals surface area (Å²) in [6, 6.07) is 9.25. The van der Waals surface area contributed by atoms with Gasteiger partial charge in [-0.3, -0.25) is 4.79 Å². The Labute approximate surface area is 181 Å². The van der Waals surface area contributed by atoms with Gasteiger partial charge in [0.05, 0.1) is 24.3 Å². The van der Waals surface area contributed by atoms with Crippen LogP contribution in [-0.2, 0) is 0 Å². The SMILES string of the molecule is COc1cc(C(=O)N2CCC[C@H]2c2ccc3c(c2)OCCO3)cc(Cl)c1OC(C)C. The first-order valence-electron chi connectivity index (χ1n) is 10.2. The van der Waals surface area contributed by atoms with E-state index in [2.05, 4.69) is 0 Å². The van der Waals surface area contributed by atoms with E-state index >= 15 is 0 Å². The van der Waals surface area contributed by atoms with Gasteiger partial charge in [-0.2, -0.15) is 0 Å². The molecule has 0 bridgehead atoms. The molecule has 0 unspecified atom stereocenters. The van der Waals surface area contributed by atoms with Crippen LogP contribution >= 0.6 is 11.6 Å². The first kappa shape index (κ1) is 20.7. The van der Waals surface area contributed by atoms with Gasteiger partial charge in [-0.15, -0.1) is 0 Å². The Morgan fingerprint density at radius 1 is 1.17 bits per heavy atom. The Bertz CT molecular complexity index is 945. The van der Waals surface area contributed by atoms with E-state index in [4.69, 9.17) is 30.5 Å². The summed E-state index contributed by atoms with van der Waals surface area (Å²) in [7, 11) is 1.54. The fourth-order valence-electron chi connectivity index (χ4n) is 3.98. The number of halogens is 1. The molecule has 7 heteroatoms. The second-order valence-corrected chi connectivity index (χ2v) is 8.12.